The molecule has 0 aromatic heterocycles. The molecule has 2 saturated carbocycles. The van der Waals surface area contributed by atoms with Crippen molar-refractivity contribution in [2.75, 3.05) is 0 Å². The predicted octanol–water partition coefficient (Wildman–Crippen LogP) is 2.34. The number of rotatable bonds is 0. The Bertz CT molecular complexity index is 160. The smallest absolute Gasteiger partial charge is 0.0647 e. The second kappa shape index (κ2) is 2.01. The van der Waals surface area contributed by atoms with Gasteiger partial charge in [-0.15, -0.1) is 0 Å². The van der Waals surface area contributed by atoms with Crippen molar-refractivity contribution in [3.63, 3.8) is 0 Å². The first kappa shape index (κ1) is 7.60. The van der Waals surface area contributed by atoms with Gasteiger partial charge in [-0.1, -0.05) is 20.3 Å². The van der Waals surface area contributed by atoms with E-state index in [1.54, 1.807) is 0 Å². The van der Waals surface area contributed by atoms with Crippen LogP contribution in [0.3, 0.4) is 0 Å². The van der Waals surface area contributed by atoms with Gasteiger partial charge in [0.15, 0.2) is 0 Å². The molecule has 1 N–H and O–H groups in total. The lowest BCUT2D eigenvalue weighted by Crippen LogP contribution is -2.40. The maximum absolute atomic E-state index is 10.0. The van der Waals surface area contributed by atoms with E-state index in [0.29, 0.717) is 0 Å². The van der Waals surface area contributed by atoms with E-state index >= 15 is 0 Å². The zero-order valence-corrected chi connectivity index (χ0v) is 7.56. The quantitative estimate of drug-likeness (QED) is 0.568. The normalized spacial score (nSPS) is 56.5. The average molecular weight is 154 g/mol. The lowest BCUT2D eigenvalue weighted by Gasteiger charge is -2.40. The Morgan fingerprint density at radius 3 is 1.82 bits per heavy atom. The summed E-state index contributed by atoms with van der Waals surface area (Å²) in [6, 6.07) is 0. The minimum absolute atomic E-state index is 0.0243. The van der Waals surface area contributed by atoms with Crippen molar-refractivity contribution in [3.8, 4) is 0 Å². The lowest BCUT2D eigenvalue weighted by molar-refractivity contribution is -0.0422. The third-order valence-electron chi connectivity index (χ3n) is 4.08. The highest BCUT2D eigenvalue weighted by Crippen LogP contribution is 2.57. The van der Waals surface area contributed by atoms with Crippen LogP contribution in [0.15, 0.2) is 0 Å². The van der Waals surface area contributed by atoms with Crippen LogP contribution in [-0.4, -0.2) is 11.2 Å². The van der Waals surface area contributed by atoms with Gasteiger partial charge in [-0.2, -0.15) is 0 Å². The molecule has 0 saturated heterocycles. The van der Waals surface area contributed by atoms with Crippen LogP contribution < -0.4 is 0 Å². The summed E-state index contributed by atoms with van der Waals surface area (Å²) in [5.41, 5.74) is 0.542. The SMILES string of the molecule is CC12CCCC(C)(CC1)C2O. The Kier molecular flexibility index (Phi) is 1.39. The first-order valence-electron chi connectivity index (χ1n) is 4.75. The fourth-order valence-electron chi connectivity index (χ4n) is 3.11. The highest BCUT2D eigenvalue weighted by molar-refractivity contribution is 5.04. The predicted molar refractivity (Wildman–Crippen MR) is 45.3 cm³/mol. The standard InChI is InChI=1S/C10H18O/c1-9-4-3-5-10(2,7-6-9)8(9)11/h8,11H,3-7H2,1-2H3. The van der Waals surface area contributed by atoms with Gasteiger partial charge in [0.05, 0.1) is 6.10 Å². The molecular formula is C10H18O. The van der Waals surface area contributed by atoms with Crippen LogP contribution in [0.4, 0.5) is 0 Å². The van der Waals surface area contributed by atoms with Crippen molar-refractivity contribution in [2.45, 2.75) is 52.1 Å². The van der Waals surface area contributed by atoms with Gasteiger partial charge in [0.25, 0.3) is 0 Å². The molecule has 0 radical (unpaired) electrons. The summed E-state index contributed by atoms with van der Waals surface area (Å²) in [4.78, 5) is 0. The van der Waals surface area contributed by atoms with E-state index in [2.05, 4.69) is 13.8 Å². The number of fused-ring (bicyclic) bond motifs is 2. The van der Waals surface area contributed by atoms with Gasteiger partial charge in [-0.3, -0.25) is 0 Å². The molecule has 0 aromatic carbocycles. The van der Waals surface area contributed by atoms with E-state index in [9.17, 15) is 5.11 Å². The summed E-state index contributed by atoms with van der Waals surface area (Å²) < 4.78 is 0. The van der Waals surface area contributed by atoms with Gasteiger partial charge in [0, 0.05) is 0 Å². The molecule has 1 heteroatoms. The fourth-order valence-corrected chi connectivity index (χ4v) is 3.11. The Morgan fingerprint density at radius 2 is 1.45 bits per heavy atom. The minimum atomic E-state index is -0.0243. The molecule has 0 spiro atoms. The Hall–Kier alpha value is -0.0400. The van der Waals surface area contributed by atoms with E-state index in [0.717, 1.165) is 0 Å². The maximum Gasteiger partial charge on any atom is 0.0647 e. The highest BCUT2D eigenvalue weighted by Gasteiger charge is 2.53. The topological polar surface area (TPSA) is 20.2 Å². The maximum atomic E-state index is 10.0. The van der Waals surface area contributed by atoms with E-state index in [-0.39, 0.29) is 16.9 Å². The molecule has 2 atom stereocenters. The van der Waals surface area contributed by atoms with Crippen LogP contribution in [0.2, 0.25) is 0 Å². The molecular weight excluding hydrogens is 136 g/mol. The summed E-state index contributed by atoms with van der Waals surface area (Å²) in [6.45, 7) is 4.50. The minimum Gasteiger partial charge on any atom is -0.392 e. The van der Waals surface area contributed by atoms with Crippen molar-refractivity contribution in [3.05, 3.63) is 0 Å². The van der Waals surface area contributed by atoms with Crippen molar-refractivity contribution in [1.29, 1.82) is 0 Å². The summed E-state index contributed by atoms with van der Waals surface area (Å²) in [6.07, 6.45) is 6.26. The molecule has 2 rings (SSSR count). The first-order valence-corrected chi connectivity index (χ1v) is 4.75. The van der Waals surface area contributed by atoms with Crippen LogP contribution in [0.1, 0.15) is 46.0 Å². The Morgan fingerprint density at radius 1 is 1.00 bits per heavy atom. The van der Waals surface area contributed by atoms with Crippen LogP contribution in [0, 0.1) is 10.8 Å². The molecule has 0 aromatic rings. The van der Waals surface area contributed by atoms with Crippen molar-refractivity contribution in [2.24, 2.45) is 10.8 Å². The molecule has 0 amide bonds. The molecule has 2 unspecified atom stereocenters. The van der Waals surface area contributed by atoms with Gasteiger partial charge >= 0.3 is 0 Å². The van der Waals surface area contributed by atoms with E-state index in [4.69, 9.17) is 0 Å². The highest BCUT2D eigenvalue weighted by atomic mass is 16.3. The molecule has 11 heavy (non-hydrogen) atoms. The van der Waals surface area contributed by atoms with E-state index in [1.165, 1.54) is 32.1 Å². The van der Waals surface area contributed by atoms with Gasteiger partial charge in [0.2, 0.25) is 0 Å². The summed E-state index contributed by atoms with van der Waals surface area (Å²) in [7, 11) is 0. The molecule has 2 aliphatic rings. The number of aliphatic hydroxyl groups is 1. The molecule has 2 bridgehead atoms. The number of aliphatic hydroxyl groups excluding tert-OH is 1. The van der Waals surface area contributed by atoms with Crippen molar-refractivity contribution in [1.82, 2.24) is 0 Å². The second-order valence-electron chi connectivity index (χ2n) is 5.06. The lowest BCUT2D eigenvalue weighted by atomic mass is 9.68. The molecule has 2 aliphatic carbocycles. The molecule has 2 fully saturated rings. The molecule has 1 nitrogen and oxygen atoms in total. The number of hydrogen-bond acceptors (Lipinski definition) is 1. The second-order valence-corrected chi connectivity index (χ2v) is 5.06. The summed E-state index contributed by atoms with van der Waals surface area (Å²) in [5.74, 6) is 0. The Labute approximate surface area is 68.8 Å². The molecule has 0 heterocycles. The van der Waals surface area contributed by atoms with Crippen LogP contribution in [-0.2, 0) is 0 Å². The van der Waals surface area contributed by atoms with Crippen LogP contribution >= 0.6 is 0 Å². The van der Waals surface area contributed by atoms with Gasteiger partial charge < -0.3 is 5.11 Å². The number of hydrogen-bond donors (Lipinski definition) is 1. The monoisotopic (exact) mass is 154 g/mol. The van der Waals surface area contributed by atoms with E-state index < -0.39 is 0 Å². The fraction of sp³-hybridized carbons (Fsp3) is 1.00. The van der Waals surface area contributed by atoms with Gasteiger partial charge in [-0.25, -0.2) is 0 Å². The van der Waals surface area contributed by atoms with E-state index in [1.807, 2.05) is 0 Å². The third-order valence-corrected chi connectivity index (χ3v) is 4.08. The third kappa shape index (κ3) is 0.868. The molecule has 64 valence electrons. The Balaban J connectivity index is 2.30. The molecule has 0 aliphatic heterocycles. The van der Waals surface area contributed by atoms with Crippen LogP contribution in [0.25, 0.3) is 0 Å². The van der Waals surface area contributed by atoms with Crippen molar-refractivity contribution < 1.29 is 5.11 Å². The first-order chi connectivity index (χ1) is 5.07. The van der Waals surface area contributed by atoms with Crippen LogP contribution in [0.5, 0.6) is 0 Å². The van der Waals surface area contributed by atoms with Crippen molar-refractivity contribution >= 4 is 0 Å². The zero-order chi connectivity index (χ0) is 8.11. The zero-order valence-electron chi connectivity index (χ0n) is 7.56. The van der Waals surface area contributed by atoms with Gasteiger partial charge in [0.1, 0.15) is 0 Å². The summed E-state index contributed by atoms with van der Waals surface area (Å²) >= 11 is 0. The summed E-state index contributed by atoms with van der Waals surface area (Å²) in [5, 5.41) is 10.0. The van der Waals surface area contributed by atoms with Gasteiger partial charge in [-0.05, 0) is 36.5 Å². The average Bonchev–Trinajstić information content (AvgIpc) is 2.17. The largest absolute Gasteiger partial charge is 0.392 e.